The molecule has 0 aliphatic carbocycles. The van der Waals surface area contributed by atoms with E-state index in [1.807, 2.05) is 30.3 Å². The number of rotatable bonds is 21. The Labute approximate surface area is 423 Å². The number of hydrogen-bond donors (Lipinski definition) is 2. The van der Waals surface area contributed by atoms with Crippen LogP contribution in [-0.4, -0.2) is 88.1 Å². The fourth-order valence-electron chi connectivity index (χ4n) is 7.56. The Hall–Kier alpha value is -6.56. The van der Waals surface area contributed by atoms with Gasteiger partial charge >= 0.3 is 5.97 Å². The molecule has 4 aromatic carbocycles. The first kappa shape index (κ1) is 52.3. The molecule has 0 amide bonds. The van der Waals surface area contributed by atoms with E-state index in [-0.39, 0.29) is 58.5 Å². The van der Waals surface area contributed by atoms with E-state index in [4.69, 9.17) is 56.3 Å². The van der Waals surface area contributed by atoms with Crippen LogP contribution >= 0.6 is 23.2 Å². The lowest BCUT2D eigenvalue weighted by Gasteiger charge is -2.36. The van der Waals surface area contributed by atoms with Gasteiger partial charge in [0.1, 0.15) is 47.6 Å². The van der Waals surface area contributed by atoms with Gasteiger partial charge in [0.2, 0.25) is 20.3 Å². The van der Waals surface area contributed by atoms with E-state index in [1.165, 1.54) is 18.5 Å². The molecule has 0 bridgehead atoms. The third kappa shape index (κ3) is 11.6. The van der Waals surface area contributed by atoms with Crippen molar-refractivity contribution < 1.29 is 47.5 Å². The molecule has 0 aliphatic heterocycles. The summed E-state index contributed by atoms with van der Waals surface area (Å²) in [6, 6.07) is 22.2. The molecule has 0 spiro atoms. The number of carbonyl (C=O) groups is 1. The van der Waals surface area contributed by atoms with Crippen LogP contribution in [0.2, 0.25) is 28.2 Å². The number of aliphatic hydroxyl groups excluding tert-OH is 1. The predicted molar refractivity (Wildman–Crippen MR) is 275 cm³/mol. The van der Waals surface area contributed by atoms with Crippen LogP contribution in [0.15, 0.2) is 104 Å². The Morgan fingerprint density at radius 2 is 1.66 bits per heavy atom. The number of para-hydroxylation sites is 1. The van der Waals surface area contributed by atoms with Crippen LogP contribution in [0.3, 0.4) is 0 Å². The number of hydrogen-bond acceptors (Lipinski definition) is 12. The van der Waals surface area contributed by atoms with Gasteiger partial charge in [0.05, 0.1) is 65.1 Å². The molecular formula is C53H56Cl2FN5O9Si. The zero-order valence-corrected chi connectivity index (χ0v) is 43.3. The maximum atomic E-state index is 14.4. The minimum absolute atomic E-state index is 0.0162. The molecule has 2 atom stereocenters. The molecule has 372 valence electrons. The summed E-state index contributed by atoms with van der Waals surface area (Å²) >= 11 is 14.2. The summed E-state index contributed by atoms with van der Waals surface area (Å²) in [6.07, 6.45) is 1.94. The number of halogens is 3. The molecule has 3 aromatic heterocycles. The van der Waals surface area contributed by atoms with Crippen LogP contribution in [-0.2, 0) is 22.6 Å². The van der Waals surface area contributed by atoms with Crippen molar-refractivity contribution in [2.45, 2.75) is 78.0 Å². The van der Waals surface area contributed by atoms with E-state index < -0.39 is 38.9 Å². The predicted octanol–water partition coefficient (Wildman–Crippen LogP) is 11.6. The third-order valence-corrected chi connectivity index (χ3v) is 17.6. The van der Waals surface area contributed by atoms with Gasteiger partial charge in [-0.3, -0.25) is 0 Å². The summed E-state index contributed by atoms with van der Waals surface area (Å²) in [4.78, 5) is 31.8. The minimum atomic E-state index is -2.37. The van der Waals surface area contributed by atoms with Crippen molar-refractivity contribution in [2.75, 3.05) is 26.9 Å². The number of carboxylic acids is 1. The van der Waals surface area contributed by atoms with Gasteiger partial charge in [0.15, 0.2) is 11.6 Å². The smallest absolute Gasteiger partial charge is 0.345 e. The quantitative estimate of drug-likeness (QED) is 0.0396. The van der Waals surface area contributed by atoms with E-state index in [9.17, 15) is 19.4 Å². The molecule has 18 heteroatoms. The van der Waals surface area contributed by atoms with Gasteiger partial charge in [-0.25, -0.2) is 24.1 Å². The number of fused-ring (bicyclic) bond motifs is 1. The van der Waals surface area contributed by atoms with Crippen molar-refractivity contribution in [3.63, 3.8) is 0 Å². The Kier molecular flexibility index (Phi) is 16.4. The number of methoxy groups -OCH3 is 1. The zero-order chi connectivity index (χ0) is 51.2. The fourth-order valence-corrected chi connectivity index (χ4v) is 9.09. The van der Waals surface area contributed by atoms with E-state index >= 15 is 0 Å². The molecule has 7 rings (SSSR count). The van der Waals surface area contributed by atoms with Crippen molar-refractivity contribution in [3.8, 4) is 57.2 Å². The highest BCUT2D eigenvalue weighted by Crippen LogP contribution is 2.46. The van der Waals surface area contributed by atoms with Gasteiger partial charge in [-0.15, -0.1) is 6.58 Å². The van der Waals surface area contributed by atoms with Crippen LogP contribution in [0.1, 0.15) is 43.2 Å². The van der Waals surface area contributed by atoms with E-state index in [2.05, 4.69) is 55.4 Å². The lowest BCUT2D eigenvalue weighted by molar-refractivity contribution is -0.145. The van der Waals surface area contributed by atoms with Gasteiger partial charge in [-0.2, -0.15) is 4.98 Å². The summed E-state index contributed by atoms with van der Waals surface area (Å²) in [5.41, 5.74) is 4.97. The molecule has 0 radical (unpaired) electrons. The number of aliphatic carboxylic acids is 1. The summed E-state index contributed by atoms with van der Waals surface area (Å²) in [6.45, 7) is 17.7. The highest BCUT2D eigenvalue weighted by Gasteiger charge is 2.39. The number of aliphatic hydroxyl groups is 1. The fraction of sp³-hybridized carbons (Fsp3) is 0.302. The number of aromatic nitrogens is 5. The molecular weight excluding hydrogens is 969 g/mol. The lowest BCUT2D eigenvalue weighted by Crippen LogP contribution is -2.43. The molecule has 7 aromatic rings. The maximum Gasteiger partial charge on any atom is 0.345 e. The highest BCUT2D eigenvalue weighted by molar-refractivity contribution is 6.74. The first-order valence-corrected chi connectivity index (χ1v) is 26.4. The standard InChI is InChI=1S/C53H56Cl2FN5O9Si/c1-10-23-66-29-38(27-62)68-49-45(54)31(2)47(32(3)46(49)55)61-41(33-15-17-35(56)18-16-33)26-40-48(61)51(59-30-58-40)69-44(52(63)64)25-34-24-37(70-71(8,9)53(4,5)6)19-20-42(34)67-28-36-21-22-57-50(60-36)39-13-11-12-14-43(39)65-7/h10-22,24,26,30,38,44,62H,1,23,25,27-29H2,2-9H3,(H,63,64). The minimum Gasteiger partial charge on any atom is -0.543 e. The van der Waals surface area contributed by atoms with Crippen LogP contribution in [0.5, 0.6) is 28.9 Å². The number of nitrogens with zero attached hydrogens (tertiary/aromatic N) is 5. The van der Waals surface area contributed by atoms with Crippen LogP contribution < -0.4 is 23.4 Å². The van der Waals surface area contributed by atoms with E-state index in [0.29, 0.717) is 73.5 Å². The average Bonchev–Trinajstić information content (AvgIpc) is 3.73. The molecule has 0 saturated carbocycles. The molecule has 0 saturated heterocycles. The molecule has 3 heterocycles. The maximum absolute atomic E-state index is 14.4. The summed E-state index contributed by atoms with van der Waals surface area (Å²) < 4.78 is 53.1. The summed E-state index contributed by atoms with van der Waals surface area (Å²) in [5, 5.41) is 21.3. The molecule has 14 nitrogen and oxygen atoms in total. The van der Waals surface area contributed by atoms with E-state index in [0.717, 1.165) is 0 Å². The van der Waals surface area contributed by atoms with Gasteiger partial charge < -0.3 is 42.9 Å². The number of benzene rings is 4. The van der Waals surface area contributed by atoms with Crippen LogP contribution in [0, 0.1) is 19.7 Å². The largest absolute Gasteiger partial charge is 0.543 e. The SMILES string of the molecule is C=CCOCC(CO)Oc1c(Cl)c(C)c(-n2c(-c3ccc(F)cc3)cc3ncnc(OC(Cc4cc(O[Si](C)(C)C(C)(C)C)ccc4OCc4ccnc(-c5ccccc5OC)n4)C(=O)O)c32)c(C)c1Cl. The topological polar surface area (TPSA) is 169 Å². The first-order chi connectivity index (χ1) is 33.8. The van der Waals surface area contributed by atoms with Crippen molar-refractivity contribution in [1.29, 1.82) is 0 Å². The Morgan fingerprint density at radius 3 is 2.32 bits per heavy atom. The Morgan fingerprint density at radius 1 is 0.944 bits per heavy atom. The summed E-state index contributed by atoms with van der Waals surface area (Å²) in [5.74, 6) is 0.299. The van der Waals surface area contributed by atoms with Crippen molar-refractivity contribution in [1.82, 2.24) is 24.5 Å². The van der Waals surface area contributed by atoms with E-state index in [1.54, 1.807) is 74.2 Å². The van der Waals surface area contributed by atoms with Crippen LogP contribution in [0.4, 0.5) is 4.39 Å². The van der Waals surface area contributed by atoms with Crippen molar-refractivity contribution >= 4 is 48.5 Å². The molecule has 0 aliphatic rings. The zero-order valence-electron chi connectivity index (χ0n) is 40.8. The molecule has 71 heavy (non-hydrogen) atoms. The molecule has 2 unspecified atom stereocenters. The Balaban J connectivity index is 1.31. The third-order valence-electron chi connectivity index (χ3n) is 12.3. The second-order valence-electron chi connectivity index (χ2n) is 18.2. The average molecular weight is 1030 g/mol. The number of carboxylic acid groups (broad SMARTS) is 1. The normalized spacial score (nSPS) is 12.6. The van der Waals surface area contributed by atoms with Gasteiger partial charge in [-0.1, -0.05) is 62.2 Å². The van der Waals surface area contributed by atoms with Crippen LogP contribution in [0.25, 0.3) is 39.4 Å². The molecule has 0 fully saturated rings. The summed E-state index contributed by atoms with van der Waals surface area (Å²) in [7, 11) is -0.784. The van der Waals surface area contributed by atoms with Gasteiger partial charge in [0.25, 0.3) is 0 Å². The number of ether oxygens (including phenoxy) is 5. The second kappa shape index (κ2) is 22.2. The Bertz CT molecular complexity index is 3030. The van der Waals surface area contributed by atoms with Crippen molar-refractivity contribution in [2.24, 2.45) is 0 Å². The van der Waals surface area contributed by atoms with Gasteiger partial charge in [-0.05, 0) is 115 Å². The van der Waals surface area contributed by atoms with Crippen molar-refractivity contribution in [3.05, 3.63) is 142 Å². The highest BCUT2D eigenvalue weighted by atomic mass is 35.5. The molecule has 2 N–H and O–H groups in total. The monoisotopic (exact) mass is 1020 g/mol. The lowest BCUT2D eigenvalue weighted by atomic mass is 10.1. The first-order valence-electron chi connectivity index (χ1n) is 22.7. The second-order valence-corrected chi connectivity index (χ2v) is 23.7. The van der Waals surface area contributed by atoms with Gasteiger partial charge in [0, 0.05) is 18.2 Å².